The standard InChI is InChI=1S/C31H32FNO/c32-27-17-14-26(15-18-27)30(25-11-4-3-5-12-25)31-28-13-7-6-10-24(28)16-19-29(31)34-23-22-33-20-8-1-2-9-21-33/h3-7,10-19,30H,1-2,8-9,20-23H2/t30-/m0/s1. The molecule has 0 unspecified atom stereocenters. The van der Waals surface area contributed by atoms with Crippen molar-refractivity contribution < 1.29 is 9.13 Å². The summed E-state index contributed by atoms with van der Waals surface area (Å²) < 4.78 is 20.4. The molecule has 0 radical (unpaired) electrons. The molecule has 1 heterocycles. The van der Waals surface area contributed by atoms with Crippen LogP contribution in [0.15, 0.2) is 91.0 Å². The third-order valence-electron chi connectivity index (χ3n) is 6.92. The number of benzene rings is 4. The number of ether oxygens (including phenoxy) is 1. The first kappa shape index (κ1) is 22.6. The van der Waals surface area contributed by atoms with Crippen molar-refractivity contribution in [1.82, 2.24) is 4.90 Å². The zero-order chi connectivity index (χ0) is 23.2. The van der Waals surface area contributed by atoms with Crippen LogP contribution in [0.3, 0.4) is 0 Å². The van der Waals surface area contributed by atoms with Gasteiger partial charge in [0.05, 0.1) is 0 Å². The molecule has 3 heteroatoms. The fourth-order valence-electron chi connectivity index (χ4n) is 5.17. The van der Waals surface area contributed by atoms with Crippen molar-refractivity contribution in [2.24, 2.45) is 0 Å². The van der Waals surface area contributed by atoms with Crippen LogP contribution in [0.2, 0.25) is 0 Å². The van der Waals surface area contributed by atoms with Crippen molar-refractivity contribution >= 4 is 10.8 Å². The lowest BCUT2D eigenvalue weighted by atomic mass is 9.82. The number of hydrogen-bond acceptors (Lipinski definition) is 2. The molecule has 0 saturated carbocycles. The smallest absolute Gasteiger partial charge is 0.124 e. The van der Waals surface area contributed by atoms with Gasteiger partial charge in [0.1, 0.15) is 18.2 Å². The van der Waals surface area contributed by atoms with E-state index >= 15 is 0 Å². The Hall–Kier alpha value is -3.17. The summed E-state index contributed by atoms with van der Waals surface area (Å²) in [7, 11) is 0. The van der Waals surface area contributed by atoms with Crippen molar-refractivity contribution in [2.45, 2.75) is 31.6 Å². The van der Waals surface area contributed by atoms with E-state index in [0.717, 1.165) is 36.5 Å². The van der Waals surface area contributed by atoms with Crippen molar-refractivity contribution in [3.05, 3.63) is 114 Å². The van der Waals surface area contributed by atoms with E-state index in [-0.39, 0.29) is 11.7 Å². The van der Waals surface area contributed by atoms with Crippen LogP contribution >= 0.6 is 0 Å². The van der Waals surface area contributed by atoms with Gasteiger partial charge in [-0.1, -0.05) is 85.6 Å². The molecule has 1 aliphatic rings. The Morgan fingerprint density at radius 2 is 1.38 bits per heavy atom. The molecule has 1 fully saturated rings. The number of likely N-dealkylation sites (tertiary alicyclic amines) is 1. The van der Waals surface area contributed by atoms with E-state index in [0.29, 0.717) is 6.61 Å². The summed E-state index contributed by atoms with van der Waals surface area (Å²) in [6.45, 7) is 3.93. The van der Waals surface area contributed by atoms with Gasteiger partial charge in [-0.2, -0.15) is 0 Å². The number of nitrogens with zero attached hydrogens (tertiary/aromatic N) is 1. The quantitative estimate of drug-likeness (QED) is 0.270. The maximum absolute atomic E-state index is 13.8. The zero-order valence-corrected chi connectivity index (χ0v) is 19.6. The molecule has 2 nitrogen and oxygen atoms in total. The maximum Gasteiger partial charge on any atom is 0.124 e. The van der Waals surface area contributed by atoms with Gasteiger partial charge in [0.25, 0.3) is 0 Å². The summed E-state index contributed by atoms with van der Waals surface area (Å²) in [6.07, 6.45) is 5.23. The van der Waals surface area contributed by atoms with Gasteiger partial charge in [0, 0.05) is 18.0 Å². The summed E-state index contributed by atoms with van der Waals surface area (Å²) in [4.78, 5) is 2.53. The van der Waals surface area contributed by atoms with E-state index < -0.39 is 0 Å². The Kier molecular flexibility index (Phi) is 7.21. The van der Waals surface area contributed by atoms with E-state index in [1.54, 1.807) is 12.1 Å². The van der Waals surface area contributed by atoms with Crippen molar-refractivity contribution in [2.75, 3.05) is 26.2 Å². The summed E-state index contributed by atoms with van der Waals surface area (Å²) in [5.74, 6) is 0.634. The first-order chi connectivity index (χ1) is 16.8. The highest BCUT2D eigenvalue weighted by molar-refractivity contribution is 5.89. The minimum absolute atomic E-state index is 0.0545. The van der Waals surface area contributed by atoms with Gasteiger partial charge in [-0.05, 0) is 66.0 Å². The lowest BCUT2D eigenvalue weighted by Gasteiger charge is -2.25. The second kappa shape index (κ2) is 10.8. The minimum Gasteiger partial charge on any atom is -0.492 e. The summed E-state index contributed by atoms with van der Waals surface area (Å²) in [5.41, 5.74) is 3.37. The SMILES string of the molecule is Fc1ccc([C@H](c2ccccc2)c2c(OCCN3CCCCCC3)ccc3ccccc23)cc1. The highest BCUT2D eigenvalue weighted by atomic mass is 19.1. The van der Waals surface area contributed by atoms with E-state index in [1.807, 2.05) is 18.2 Å². The average molecular weight is 454 g/mol. The third-order valence-corrected chi connectivity index (χ3v) is 6.92. The predicted octanol–water partition coefficient (Wildman–Crippen LogP) is 7.41. The van der Waals surface area contributed by atoms with Gasteiger partial charge in [-0.3, -0.25) is 4.90 Å². The molecule has 4 aromatic carbocycles. The number of rotatable bonds is 7. The molecule has 1 aliphatic heterocycles. The number of fused-ring (bicyclic) bond motifs is 1. The van der Waals surface area contributed by atoms with Gasteiger partial charge in [-0.25, -0.2) is 4.39 Å². The van der Waals surface area contributed by atoms with E-state index in [4.69, 9.17) is 4.74 Å². The Bertz CT molecular complexity index is 1200. The maximum atomic E-state index is 13.8. The normalized spacial score (nSPS) is 15.7. The van der Waals surface area contributed by atoms with Crippen molar-refractivity contribution in [3.63, 3.8) is 0 Å². The third kappa shape index (κ3) is 5.15. The van der Waals surface area contributed by atoms with Crippen LogP contribution in [0.4, 0.5) is 4.39 Å². The molecule has 0 aromatic heterocycles. The Morgan fingerprint density at radius 1 is 0.706 bits per heavy atom. The molecule has 1 saturated heterocycles. The van der Waals surface area contributed by atoms with E-state index in [9.17, 15) is 4.39 Å². The molecule has 0 N–H and O–H groups in total. The molecule has 1 atom stereocenters. The Morgan fingerprint density at radius 3 is 2.15 bits per heavy atom. The monoisotopic (exact) mass is 453 g/mol. The largest absolute Gasteiger partial charge is 0.492 e. The number of hydrogen-bond donors (Lipinski definition) is 0. The average Bonchev–Trinajstić information content (AvgIpc) is 3.16. The van der Waals surface area contributed by atoms with E-state index in [1.165, 1.54) is 42.0 Å². The highest BCUT2D eigenvalue weighted by Crippen LogP contribution is 2.41. The summed E-state index contributed by atoms with van der Waals surface area (Å²) in [5, 5.41) is 2.35. The van der Waals surface area contributed by atoms with Crippen molar-refractivity contribution in [3.8, 4) is 5.75 Å². The number of halogens is 1. The molecule has 34 heavy (non-hydrogen) atoms. The fourth-order valence-corrected chi connectivity index (χ4v) is 5.17. The molecule has 4 aromatic rings. The van der Waals surface area contributed by atoms with Crippen LogP contribution in [0, 0.1) is 5.82 Å². The van der Waals surface area contributed by atoms with Gasteiger partial charge in [0.15, 0.2) is 0 Å². The summed E-state index contributed by atoms with van der Waals surface area (Å²) >= 11 is 0. The molecule has 5 rings (SSSR count). The van der Waals surface area contributed by atoms with Crippen LogP contribution < -0.4 is 4.74 Å². The Labute approximate surface area is 202 Å². The lowest BCUT2D eigenvalue weighted by molar-refractivity contribution is 0.213. The van der Waals surface area contributed by atoms with Crippen LogP contribution in [0.25, 0.3) is 10.8 Å². The first-order valence-corrected chi connectivity index (χ1v) is 12.5. The summed E-state index contributed by atoms with van der Waals surface area (Å²) in [6, 6.07) is 30.1. The predicted molar refractivity (Wildman–Crippen MR) is 138 cm³/mol. The van der Waals surface area contributed by atoms with Gasteiger partial charge in [-0.15, -0.1) is 0 Å². The molecule has 174 valence electrons. The molecule has 0 aliphatic carbocycles. The van der Waals surface area contributed by atoms with Gasteiger partial charge in [0.2, 0.25) is 0 Å². The first-order valence-electron chi connectivity index (χ1n) is 12.5. The molecular weight excluding hydrogens is 421 g/mol. The molecular formula is C31H32FNO. The molecule has 0 bridgehead atoms. The highest BCUT2D eigenvalue weighted by Gasteiger charge is 2.23. The van der Waals surface area contributed by atoms with Crippen LogP contribution in [-0.2, 0) is 0 Å². The van der Waals surface area contributed by atoms with Crippen LogP contribution in [0.5, 0.6) is 5.75 Å². The van der Waals surface area contributed by atoms with Crippen molar-refractivity contribution in [1.29, 1.82) is 0 Å². The second-order valence-electron chi connectivity index (χ2n) is 9.20. The second-order valence-corrected chi connectivity index (χ2v) is 9.20. The van der Waals surface area contributed by atoms with Crippen LogP contribution in [0.1, 0.15) is 48.3 Å². The topological polar surface area (TPSA) is 12.5 Å². The van der Waals surface area contributed by atoms with Gasteiger partial charge < -0.3 is 4.74 Å². The fraction of sp³-hybridized carbons (Fsp3) is 0.290. The minimum atomic E-state index is -0.220. The molecule has 0 amide bonds. The zero-order valence-electron chi connectivity index (χ0n) is 19.6. The van der Waals surface area contributed by atoms with Crippen LogP contribution in [-0.4, -0.2) is 31.1 Å². The molecule has 0 spiro atoms. The Balaban J connectivity index is 1.55. The van der Waals surface area contributed by atoms with E-state index in [2.05, 4.69) is 65.6 Å². The lowest BCUT2D eigenvalue weighted by Crippen LogP contribution is -2.29. The van der Waals surface area contributed by atoms with Gasteiger partial charge >= 0.3 is 0 Å².